The molecule has 0 N–H and O–H groups in total. The summed E-state index contributed by atoms with van der Waals surface area (Å²) < 4.78 is 6.70. The van der Waals surface area contributed by atoms with Crippen molar-refractivity contribution in [3.8, 4) is 16.9 Å². The number of carbonyl (C=O) groups is 1. The summed E-state index contributed by atoms with van der Waals surface area (Å²) in [6, 6.07) is 22.2. The molecule has 0 aliphatic heterocycles. The molecule has 7 heteroatoms. The molecule has 1 saturated carbocycles. The Morgan fingerprint density at radius 2 is 1.72 bits per heavy atom. The highest BCUT2D eigenvalue weighted by atomic mass is 35.5. The van der Waals surface area contributed by atoms with Crippen LogP contribution in [0.25, 0.3) is 26.1 Å². The molecule has 0 spiro atoms. The lowest BCUT2D eigenvalue weighted by atomic mass is 9.89. The number of ether oxygens (including phenoxy) is 1. The Morgan fingerprint density at radius 3 is 2.36 bits per heavy atom. The molecule has 0 atom stereocenters. The third-order valence-electron chi connectivity index (χ3n) is 7.75. The van der Waals surface area contributed by atoms with Gasteiger partial charge in [-0.15, -0.1) is 11.3 Å². The fraction of sp³-hybridized carbons (Fsp3) is 0.312. The normalized spacial score (nSPS) is 17.2. The summed E-state index contributed by atoms with van der Waals surface area (Å²) in [6.07, 6.45) is 4.03. The lowest BCUT2D eigenvalue weighted by molar-refractivity contribution is 0.0574. The first-order valence-electron chi connectivity index (χ1n) is 13.2. The zero-order valence-corrected chi connectivity index (χ0v) is 24.1. The molecule has 1 aromatic heterocycles. The molecular formula is C32H32ClN3O2S. The lowest BCUT2D eigenvalue weighted by Gasteiger charge is -2.39. The van der Waals surface area contributed by atoms with Crippen LogP contribution in [0.15, 0.2) is 66.7 Å². The van der Waals surface area contributed by atoms with E-state index in [4.69, 9.17) is 22.9 Å². The van der Waals surface area contributed by atoms with Crippen LogP contribution in [0.4, 0.5) is 5.69 Å². The van der Waals surface area contributed by atoms with E-state index in [0.717, 1.165) is 58.2 Å². The van der Waals surface area contributed by atoms with Gasteiger partial charge in [-0.2, -0.15) is 0 Å². The van der Waals surface area contributed by atoms with E-state index in [0.29, 0.717) is 28.2 Å². The summed E-state index contributed by atoms with van der Waals surface area (Å²) in [5.41, 5.74) is 3.53. The number of amides is 1. The summed E-state index contributed by atoms with van der Waals surface area (Å²) in [5.74, 6) is 0.750. The Balaban J connectivity index is 1.50. The van der Waals surface area contributed by atoms with E-state index in [1.807, 2.05) is 65.6 Å². The molecule has 1 aliphatic carbocycles. The van der Waals surface area contributed by atoms with Crippen LogP contribution >= 0.6 is 22.9 Å². The largest absolute Gasteiger partial charge is 0.496 e. The van der Waals surface area contributed by atoms with E-state index in [-0.39, 0.29) is 11.9 Å². The number of halogens is 1. The lowest BCUT2D eigenvalue weighted by Crippen LogP contribution is -2.44. The predicted molar refractivity (Wildman–Crippen MR) is 161 cm³/mol. The Hall–Kier alpha value is -3.37. The van der Waals surface area contributed by atoms with Crippen molar-refractivity contribution >= 4 is 44.6 Å². The summed E-state index contributed by atoms with van der Waals surface area (Å²) in [5, 5.41) is 1.47. The molecule has 1 heterocycles. The topological polar surface area (TPSA) is 37.1 Å². The van der Waals surface area contributed by atoms with Crippen LogP contribution in [0.2, 0.25) is 5.02 Å². The van der Waals surface area contributed by atoms with Gasteiger partial charge in [-0.25, -0.2) is 4.85 Å². The van der Waals surface area contributed by atoms with Gasteiger partial charge in [0.05, 0.1) is 18.7 Å². The SMILES string of the molecule is [C-]#[N+]c1ccc(-c2cc(CN(C(=O)c3sc4ccccc4c3Cl)C3CCC(N(C)C)CC3)ccc2OC)cc1. The fourth-order valence-electron chi connectivity index (χ4n) is 5.53. The smallest absolute Gasteiger partial charge is 0.266 e. The number of thiophene rings is 1. The van der Waals surface area contributed by atoms with Crippen molar-refractivity contribution in [2.75, 3.05) is 21.2 Å². The van der Waals surface area contributed by atoms with Gasteiger partial charge in [-0.05, 0) is 69.1 Å². The fourth-order valence-corrected chi connectivity index (χ4v) is 6.99. The molecule has 1 amide bonds. The van der Waals surface area contributed by atoms with Gasteiger partial charge in [0.2, 0.25) is 0 Å². The number of nitrogens with zero attached hydrogens (tertiary/aromatic N) is 3. The molecule has 0 saturated heterocycles. The van der Waals surface area contributed by atoms with Crippen LogP contribution in [0.3, 0.4) is 0 Å². The molecular weight excluding hydrogens is 526 g/mol. The number of hydrogen-bond acceptors (Lipinski definition) is 4. The van der Waals surface area contributed by atoms with Crippen molar-refractivity contribution in [2.45, 2.75) is 44.3 Å². The Morgan fingerprint density at radius 1 is 1.03 bits per heavy atom. The second kappa shape index (κ2) is 11.8. The molecule has 1 aliphatic rings. The highest BCUT2D eigenvalue weighted by Crippen LogP contribution is 2.38. The first-order chi connectivity index (χ1) is 18.9. The monoisotopic (exact) mass is 557 g/mol. The second-order valence-electron chi connectivity index (χ2n) is 10.3. The highest BCUT2D eigenvalue weighted by Gasteiger charge is 2.32. The zero-order valence-electron chi connectivity index (χ0n) is 22.5. The van der Waals surface area contributed by atoms with Crippen molar-refractivity contribution in [3.05, 3.63) is 93.6 Å². The molecule has 0 unspecified atom stereocenters. The van der Waals surface area contributed by atoms with Crippen molar-refractivity contribution < 1.29 is 9.53 Å². The average molecular weight is 558 g/mol. The Kier molecular flexibility index (Phi) is 8.23. The Labute approximate surface area is 239 Å². The quantitative estimate of drug-likeness (QED) is 0.214. The minimum absolute atomic E-state index is 0.00622. The van der Waals surface area contributed by atoms with E-state index in [9.17, 15) is 4.79 Å². The van der Waals surface area contributed by atoms with E-state index in [2.05, 4.69) is 29.9 Å². The summed E-state index contributed by atoms with van der Waals surface area (Å²) in [4.78, 5) is 22.6. The molecule has 0 radical (unpaired) electrons. The number of carbonyl (C=O) groups excluding carboxylic acids is 1. The van der Waals surface area contributed by atoms with Crippen LogP contribution in [0, 0.1) is 6.57 Å². The zero-order chi connectivity index (χ0) is 27.5. The molecule has 3 aromatic carbocycles. The van der Waals surface area contributed by atoms with Crippen LogP contribution in [-0.2, 0) is 6.54 Å². The number of rotatable bonds is 7. The molecule has 1 fully saturated rings. The maximum atomic E-state index is 14.2. The van der Waals surface area contributed by atoms with Crippen LogP contribution in [0.1, 0.15) is 40.9 Å². The number of fused-ring (bicyclic) bond motifs is 1. The van der Waals surface area contributed by atoms with Crippen LogP contribution in [0.5, 0.6) is 5.75 Å². The van der Waals surface area contributed by atoms with Gasteiger partial charge in [0.15, 0.2) is 5.69 Å². The Bertz CT molecular complexity index is 1510. The van der Waals surface area contributed by atoms with Crippen LogP contribution in [-0.4, -0.2) is 49.0 Å². The summed E-state index contributed by atoms with van der Waals surface area (Å²) >= 11 is 8.27. The third kappa shape index (κ3) is 5.67. The van der Waals surface area contributed by atoms with Gasteiger partial charge in [0.1, 0.15) is 10.6 Å². The van der Waals surface area contributed by atoms with Crippen molar-refractivity contribution in [1.29, 1.82) is 0 Å². The number of hydrogen-bond donors (Lipinski definition) is 0. The number of methoxy groups -OCH3 is 1. The summed E-state index contributed by atoms with van der Waals surface area (Å²) in [6.45, 7) is 7.74. The first-order valence-corrected chi connectivity index (χ1v) is 14.4. The first kappa shape index (κ1) is 27.2. The van der Waals surface area contributed by atoms with E-state index in [1.165, 1.54) is 11.3 Å². The van der Waals surface area contributed by atoms with Crippen molar-refractivity contribution in [1.82, 2.24) is 9.80 Å². The minimum atomic E-state index is -0.00622. The van der Waals surface area contributed by atoms with Crippen LogP contribution < -0.4 is 4.74 Å². The number of benzene rings is 3. The van der Waals surface area contributed by atoms with Gasteiger partial charge in [-0.3, -0.25) is 4.79 Å². The standard InChI is InChI=1S/C32H32ClN3O2S/c1-34-23-12-10-22(11-13-23)27-19-21(9-18-28(27)38-4)20-36(25-16-14-24(15-17-25)35(2)3)32(37)31-30(33)26-7-5-6-8-29(26)39-31/h5-13,18-19,24-25H,14-17,20H2,2-4H3. The third-order valence-corrected chi connectivity index (χ3v) is 9.41. The maximum absolute atomic E-state index is 14.2. The second-order valence-corrected chi connectivity index (χ2v) is 11.7. The van der Waals surface area contributed by atoms with Crippen molar-refractivity contribution in [2.24, 2.45) is 0 Å². The van der Waals surface area contributed by atoms with E-state index in [1.54, 1.807) is 7.11 Å². The molecule has 5 rings (SSSR count). The highest BCUT2D eigenvalue weighted by molar-refractivity contribution is 7.21. The average Bonchev–Trinajstić information content (AvgIpc) is 3.32. The summed E-state index contributed by atoms with van der Waals surface area (Å²) in [7, 11) is 5.93. The van der Waals surface area contributed by atoms with Gasteiger partial charge >= 0.3 is 0 Å². The molecule has 5 nitrogen and oxygen atoms in total. The van der Waals surface area contributed by atoms with E-state index < -0.39 is 0 Å². The van der Waals surface area contributed by atoms with E-state index >= 15 is 0 Å². The van der Waals surface area contributed by atoms with Gasteiger partial charge in [-0.1, -0.05) is 60.1 Å². The van der Waals surface area contributed by atoms with Gasteiger partial charge < -0.3 is 14.5 Å². The minimum Gasteiger partial charge on any atom is -0.496 e. The maximum Gasteiger partial charge on any atom is 0.266 e. The van der Waals surface area contributed by atoms with Gasteiger partial charge in [0.25, 0.3) is 5.91 Å². The molecule has 39 heavy (non-hydrogen) atoms. The molecule has 200 valence electrons. The van der Waals surface area contributed by atoms with Gasteiger partial charge in [0, 0.05) is 34.3 Å². The van der Waals surface area contributed by atoms with Crippen molar-refractivity contribution in [3.63, 3.8) is 0 Å². The molecule has 4 aromatic rings. The predicted octanol–water partition coefficient (Wildman–Crippen LogP) is 8.30. The molecule has 0 bridgehead atoms.